The third kappa shape index (κ3) is 8.48. The fraction of sp³-hybridized carbons (Fsp3) is 0.516. The van der Waals surface area contributed by atoms with Gasteiger partial charge in [-0.2, -0.15) is 13.2 Å². The molecule has 0 aliphatic heterocycles. The quantitative estimate of drug-likeness (QED) is 0.220. The van der Waals surface area contributed by atoms with Gasteiger partial charge in [-0.05, 0) is 62.9 Å². The number of furan rings is 1. The summed E-state index contributed by atoms with van der Waals surface area (Å²) >= 11 is 0. The third-order valence-electron chi connectivity index (χ3n) is 7.16. The minimum atomic E-state index is -4.49. The molecule has 0 aliphatic rings. The zero-order valence-corrected chi connectivity index (χ0v) is 23.9. The Labute approximate surface area is 234 Å². The first-order valence-electron chi connectivity index (χ1n) is 13.6. The van der Waals surface area contributed by atoms with Crippen LogP contribution < -0.4 is 16.2 Å². The molecule has 0 bridgehead atoms. The summed E-state index contributed by atoms with van der Waals surface area (Å²) in [4.78, 5) is 13.0. The highest BCUT2D eigenvalue weighted by Crippen LogP contribution is 2.37. The highest BCUT2D eigenvalue weighted by atomic mass is 19.4. The minimum absolute atomic E-state index is 0.00208. The molecule has 9 heteroatoms. The van der Waals surface area contributed by atoms with Crippen molar-refractivity contribution in [2.75, 3.05) is 19.8 Å². The molecule has 3 aromatic rings. The van der Waals surface area contributed by atoms with Crippen molar-refractivity contribution in [3.05, 3.63) is 54.1 Å². The second-order valence-electron chi connectivity index (χ2n) is 11.8. The summed E-state index contributed by atoms with van der Waals surface area (Å²) < 4.78 is 58.0. The van der Waals surface area contributed by atoms with Crippen LogP contribution in [0.1, 0.15) is 53.0 Å². The van der Waals surface area contributed by atoms with Crippen LogP contribution in [0, 0.1) is 17.3 Å². The monoisotopic (exact) mass is 562 g/mol. The summed E-state index contributed by atoms with van der Waals surface area (Å²) in [6.45, 7) is 8.28. The molecule has 1 aromatic heterocycles. The molecule has 4 N–H and O–H groups in total. The zero-order chi connectivity index (χ0) is 29.7. The number of alkyl halides is 3. The number of rotatable bonds is 13. The SMILES string of the molecule is CCc1ccccc1-c1cc2ccc(OCC(C)(COC(=O)C(CC(C)CN)C(C)(C)N)CC(F)(F)F)cc2o1. The number of aryl methyl sites for hydroxylation is 1. The molecule has 0 radical (unpaired) electrons. The maximum absolute atomic E-state index is 13.6. The van der Waals surface area contributed by atoms with Gasteiger partial charge in [0.15, 0.2) is 0 Å². The highest BCUT2D eigenvalue weighted by molar-refractivity contribution is 5.84. The molecule has 2 aromatic carbocycles. The Balaban J connectivity index is 1.76. The van der Waals surface area contributed by atoms with Crippen molar-refractivity contribution in [2.45, 2.75) is 65.6 Å². The van der Waals surface area contributed by atoms with Crippen LogP contribution in [0.25, 0.3) is 22.3 Å². The van der Waals surface area contributed by atoms with Gasteiger partial charge in [-0.1, -0.05) is 45.0 Å². The topological polar surface area (TPSA) is 101 Å². The molecule has 3 atom stereocenters. The first-order valence-corrected chi connectivity index (χ1v) is 13.6. The number of halogens is 3. The summed E-state index contributed by atoms with van der Waals surface area (Å²) in [5, 5.41) is 0.849. The van der Waals surface area contributed by atoms with Crippen LogP contribution in [0.2, 0.25) is 0 Å². The molecule has 0 spiro atoms. The third-order valence-corrected chi connectivity index (χ3v) is 7.16. The van der Waals surface area contributed by atoms with Crippen molar-refractivity contribution in [2.24, 2.45) is 28.7 Å². The van der Waals surface area contributed by atoms with E-state index in [0.717, 1.165) is 22.9 Å². The Kier molecular flexibility index (Phi) is 9.95. The second kappa shape index (κ2) is 12.6. The predicted octanol–water partition coefficient (Wildman–Crippen LogP) is 6.88. The number of hydrogen-bond donors (Lipinski definition) is 2. The largest absolute Gasteiger partial charge is 0.493 e. The maximum atomic E-state index is 13.6. The van der Waals surface area contributed by atoms with Crippen molar-refractivity contribution < 1.29 is 31.9 Å². The molecule has 0 aliphatic carbocycles. The van der Waals surface area contributed by atoms with E-state index < -0.39 is 42.0 Å². The van der Waals surface area contributed by atoms with Crippen molar-refractivity contribution in [3.63, 3.8) is 0 Å². The average Bonchev–Trinajstić information content (AvgIpc) is 3.30. The summed E-state index contributed by atoms with van der Waals surface area (Å²) in [5.74, 6) is -0.291. The van der Waals surface area contributed by atoms with Gasteiger partial charge in [0, 0.05) is 28.0 Å². The van der Waals surface area contributed by atoms with E-state index in [1.165, 1.54) is 6.92 Å². The molecular formula is C31H41F3N2O4. The zero-order valence-electron chi connectivity index (χ0n) is 23.9. The molecule has 220 valence electrons. The number of carbonyl (C=O) groups is 1. The lowest BCUT2D eigenvalue weighted by Crippen LogP contribution is -2.47. The van der Waals surface area contributed by atoms with Crippen LogP contribution in [0.4, 0.5) is 13.2 Å². The standard InChI is InChI=1S/C31H41F3N2O4/c1-6-21-9-7-8-10-24(21)27-14-22-11-12-23(15-26(22)40-27)38-18-30(5,17-31(32,33)34)19-39-28(37)25(29(3,4)36)13-20(2)16-35/h7-12,14-15,20,25H,6,13,16-19,35-36H2,1-5H3. The number of benzene rings is 2. The predicted molar refractivity (Wildman–Crippen MR) is 151 cm³/mol. The summed E-state index contributed by atoms with van der Waals surface area (Å²) in [5.41, 5.74) is 12.2. The van der Waals surface area contributed by atoms with Crippen molar-refractivity contribution in [1.82, 2.24) is 0 Å². The van der Waals surface area contributed by atoms with E-state index in [1.54, 1.807) is 32.0 Å². The Morgan fingerprint density at radius 1 is 1.05 bits per heavy atom. The van der Waals surface area contributed by atoms with Gasteiger partial charge in [0.2, 0.25) is 0 Å². The Hall–Kier alpha value is -3.04. The molecule has 40 heavy (non-hydrogen) atoms. The van der Waals surface area contributed by atoms with Gasteiger partial charge in [0.05, 0.1) is 18.9 Å². The molecule has 3 unspecified atom stereocenters. The van der Waals surface area contributed by atoms with E-state index in [4.69, 9.17) is 25.4 Å². The van der Waals surface area contributed by atoms with E-state index in [1.807, 2.05) is 37.3 Å². The van der Waals surface area contributed by atoms with Crippen molar-refractivity contribution in [1.29, 1.82) is 0 Å². The van der Waals surface area contributed by atoms with Gasteiger partial charge < -0.3 is 25.4 Å². The lowest BCUT2D eigenvalue weighted by molar-refractivity contribution is -0.177. The number of esters is 1. The number of fused-ring (bicyclic) bond motifs is 1. The van der Waals surface area contributed by atoms with Gasteiger partial charge in [-0.3, -0.25) is 4.79 Å². The minimum Gasteiger partial charge on any atom is -0.493 e. The summed E-state index contributed by atoms with van der Waals surface area (Å²) in [7, 11) is 0. The van der Waals surface area contributed by atoms with Crippen LogP contribution in [0.3, 0.4) is 0 Å². The van der Waals surface area contributed by atoms with Gasteiger partial charge >= 0.3 is 12.1 Å². The van der Waals surface area contributed by atoms with Crippen LogP contribution in [-0.2, 0) is 16.0 Å². The number of hydrogen-bond acceptors (Lipinski definition) is 6. The van der Waals surface area contributed by atoms with Gasteiger partial charge in [0.25, 0.3) is 0 Å². The Morgan fingerprint density at radius 2 is 1.75 bits per heavy atom. The number of ether oxygens (including phenoxy) is 2. The molecular weight excluding hydrogens is 521 g/mol. The van der Waals surface area contributed by atoms with Crippen LogP contribution in [0.5, 0.6) is 5.75 Å². The summed E-state index contributed by atoms with van der Waals surface area (Å²) in [6.07, 6.45) is -4.46. The van der Waals surface area contributed by atoms with E-state index in [2.05, 4.69) is 6.92 Å². The molecule has 6 nitrogen and oxygen atoms in total. The number of carbonyl (C=O) groups excluding carboxylic acids is 1. The average molecular weight is 563 g/mol. The maximum Gasteiger partial charge on any atom is 0.389 e. The molecule has 1 heterocycles. The van der Waals surface area contributed by atoms with Crippen molar-refractivity contribution in [3.8, 4) is 17.1 Å². The van der Waals surface area contributed by atoms with Gasteiger partial charge in [-0.25, -0.2) is 0 Å². The first kappa shape index (κ1) is 31.5. The smallest absolute Gasteiger partial charge is 0.389 e. The molecule has 0 saturated heterocycles. The Morgan fingerprint density at radius 3 is 2.38 bits per heavy atom. The highest BCUT2D eigenvalue weighted by Gasteiger charge is 2.42. The van der Waals surface area contributed by atoms with E-state index in [0.29, 0.717) is 30.1 Å². The first-order chi connectivity index (χ1) is 18.6. The van der Waals surface area contributed by atoms with Crippen LogP contribution in [-0.4, -0.2) is 37.4 Å². The number of nitrogens with two attached hydrogens (primary N) is 2. The van der Waals surface area contributed by atoms with Crippen LogP contribution in [0.15, 0.2) is 52.9 Å². The molecule has 0 saturated carbocycles. The van der Waals surface area contributed by atoms with E-state index in [-0.39, 0.29) is 12.5 Å². The van der Waals surface area contributed by atoms with Gasteiger partial charge in [-0.15, -0.1) is 0 Å². The Bertz CT molecular complexity index is 1280. The molecule has 0 amide bonds. The molecule has 0 fully saturated rings. The lowest BCUT2D eigenvalue weighted by atomic mass is 9.81. The van der Waals surface area contributed by atoms with Crippen LogP contribution >= 0.6 is 0 Å². The second-order valence-corrected chi connectivity index (χ2v) is 11.8. The normalized spacial score (nSPS) is 15.4. The van der Waals surface area contributed by atoms with E-state index in [9.17, 15) is 18.0 Å². The fourth-order valence-corrected chi connectivity index (χ4v) is 4.74. The van der Waals surface area contributed by atoms with E-state index >= 15 is 0 Å². The summed E-state index contributed by atoms with van der Waals surface area (Å²) in [6, 6.07) is 15.0. The fourth-order valence-electron chi connectivity index (χ4n) is 4.74. The van der Waals surface area contributed by atoms with Gasteiger partial charge in [0.1, 0.15) is 23.7 Å². The lowest BCUT2D eigenvalue weighted by Gasteiger charge is -2.33. The van der Waals surface area contributed by atoms with Crippen molar-refractivity contribution >= 4 is 16.9 Å². The molecule has 3 rings (SSSR count).